The Hall–Kier alpha value is -3.92. The van der Waals surface area contributed by atoms with Gasteiger partial charge < -0.3 is 15.0 Å². The quantitative estimate of drug-likeness (QED) is 0.304. The average Bonchev–Trinajstić information content (AvgIpc) is 3.40. The number of nitrogens with one attached hydrogen (secondary N) is 2. The summed E-state index contributed by atoms with van der Waals surface area (Å²) < 4.78 is 31.3. The van der Waals surface area contributed by atoms with Crippen LogP contribution in [-0.4, -0.2) is 36.5 Å². The molecule has 0 saturated heterocycles. The number of rotatable bonds is 7. The molecule has 2 aromatic heterocycles. The zero-order chi connectivity index (χ0) is 26.5. The predicted molar refractivity (Wildman–Crippen MR) is 142 cm³/mol. The first-order valence-corrected chi connectivity index (χ1v) is 14.0. The van der Waals surface area contributed by atoms with Crippen LogP contribution in [0.1, 0.15) is 43.5 Å². The molecule has 0 aliphatic heterocycles. The van der Waals surface area contributed by atoms with Gasteiger partial charge in [-0.25, -0.2) is 24.1 Å². The molecule has 38 heavy (non-hydrogen) atoms. The lowest BCUT2D eigenvalue weighted by molar-refractivity contribution is 0.115. The van der Waals surface area contributed by atoms with Crippen molar-refractivity contribution in [3.05, 3.63) is 84.1 Å². The van der Waals surface area contributed by atoms with Gasteiger partial charge in [-0.3, -0.25) is 4.21 Å². The third kappa shape index (κ3) is 5.65. The van der Waals surface area contributed by atoms with Crippen molar-refractivity contribution in [1.82, 2.24) is 25.3 Å². The van der Waals surface area contributed by atoms with E-state index in [1.54, 1.807) is 24.4 Å². The van der Waals surface area contributed by atoms with Crippen LogP contribution in [0.15, 0.2) is 72.0 Å². The molecule has 10 heteroatoms. The Kier molecular flexibility index (Phi) is 7.59. The minimum atomic E-state index is -1.38. The monoisotopic (exact) mass is 533 g/mol. The van der Waals surface area contributed by atoms with Gasteiger partial charge in [-0.2, -0.15) is 0 Å². The van der Waals surface area contributed by atoms with E-state index in [0.29, 0.717) is 41.3 Å². The largest absolute Gasteiger partial charge is 0.445 e. The summed E-state index contributed by atoms with van der Waals surface area (Å²) in [7, 11) is -1.38. The maximum absolute atomic E-state index is 13.7. The Morgan fingerprint density at radius 1 is 1.05 bits per heavy atom. The second-order valence-electron chi connectivity index (χ2n) is 9.32. The highest BCUT2D eigenvalue weighted by molar-refractivity contribution is 7.84. The topological polar surface area (TPSA) is 110 Å². The zero-order valence-corrected chi connectivity index (χ0v) is 21.8. The molecule has 5 rings (SSSR count). The van der Waals surface area contributed by atoms with Gasteiger partial charge in [-0.1, -0.05) is 49.6 Å². The molecular formula is C28H28FN5O3S. The number of H-pyrrole nitrogens is 1. The van der Waals surface area contributed by atoms with Crippen molar-refractivity contribution in [2.75, 3.05) is 6.26 Å². The van der Waals surface area contributed by atoms with Gasteiger partial charge in [0.15, 0.2) is 0 Å². The second-order valence-corrected chi connectivity index (χ2v) is 10.6. The van der Waals surface area contributed by atoms with E-state index in [1.807, 2.05) is 30.3 Å². The van der Waals surface area contributed by atoms with Crippen LogP contribution in [0.25, 0.3) is 22.6 Å². The number of hydrogen-bond acceptors (Lipinski definition) is 6. The summed E-state index contributed by atoms with van der Waals surface area (Å²) in [5.74, 6) is 0.212. The van der Waals surface area contributed by atoms with Crippen LogP contribution in [0, 0.1) is 5.82 Å². The van der Waals surface area contributed by atoms with Crippen molar-refractivity contribution < 1.29 is 18.1 Å². The third-order valence-electron chi connectivity index (χ3n) is 6.68. The molecule has 1 unspecified atom stereocenters. The number of aromatic amines is 1. The number of amides is 1. The van der Waals surface area contributed by atoms with Gasteiger partial charge in [0.25, 0.3) is 0 Å². The molecule has 0 spiro atoms. The lowest BCUT2D eigenvalue weighted by Gasteiger charge is -2.36. The van der Waals surface area contributed by atoms with E-state index in [9.17, 15) is 13.4 Å². The highest BCUT2D eigenvalue weighted by Crippen LogP contribution is 2.39. The van der Waals surface area contributed by atoms with Gasteiger partial charge >= 0.3 is 6.09 Å². The molecule has 196 valence electrons. The standard InChI is InChI=1S/C28H28FN5O3S/c1-38(36)26-30-17-14-22(31-26)24-23(20-10-12-21(29)13-11-20)32-25(33-24)28(15-6-3-7-16-28)34-27(35)37-18-19-8-4-2-5-9-19/h2,4-5,8-14,17H,3,6-7,15-16,18H2,1H3,(H,32,33)(H,34,35). The number of halogens is 1. The highest BCUT2D eigenvalue weighted by Gasteiger charge is 2.40. The summed E-state index contributed by atoms with van der Waals surface area (Å²) in [6, 6.07) is 17.2. The van der Waals surface area contributed by atoms with Crippen LogP contribution in [0.4, 0.5) is 9.18 Å². The molecule has 1 amide bonds. The van der Waals surface area contributed by atoms with Gasteiger partial charge in [0.2, 0.25) is 5.16 Å². The van der Waals surface area contributed by atoms with Gasteiger partial charge in [0, 0.05) is 18.0 Å². The number of carbonyl (C=O) groups excluding carboxylic acids is 1. The van der Waals surface area contributed by atoms with E-state index < -0.39 is 22.4 Å². The fourth-order valence-corrected chi connectivity index (χ4v) is 5.19. The lowest BCUT2D eigenvalue weighted by Crippen LogP contribution is -2.48. The molecule has 4 aromatic rings. The lowest BCUT2D eigenvalue weighted by atomic mass is 9.81. The molecule has 2 N–H and O–H groups in total. The van der Waals surface area contributed by atoms with E-state index >= 15 is 0 Å². The second kappa shape index (κ2) is 11.2. The number of alkyl carbamates (subject to hydrolysis) is 1. The van der Waals surface area contributed by atoms with E-state index in [0.717, 1.165) is 24.8 Å². The summed E-state index contributed by atoms with van der Waals surface area (Å²) in [6.45, 7) is 0.158. The van der Waals surface area contributed by atoms with Crippen LogP contribution < -0.4 is 5.32 Å². The van der Waals surface area contributed by atoms with Crippen LogP contribution in [0.2, 0.25) is 0 Å². The number of ether oxygens (including phenoxy) is 1. The number of aromatic nitrogens is 4. The molecule has 2 heterocycles. The minimum absolute atomic E-state index is 0.158. The number of imidazole rings is 1. The fraction of sp³-hybridized carbons (Fsp3) is 0.286. The van der Waals surface area contributed by atoms with E-state index in [4.69, 9.17) is 9.72 Å². The summed E-state index contributed by atoms with van der Waals surface area (Å²) >= 11 is 0. The number of benzene rings is 2. The first-order chi connectivity index (χ1) is 18.4. The molecular weight excluding hydrogens is 505 g/mol. The maximum Gasteiger partial charge on any atom is 0.408 e. The van der Waals surface area contributed by atoms with Crippen molar-refractivity contribution in [3.8, 4) is 22.6 Å². The molecule has 0 radical (unpaired) electrons. The average molecular weight is 534 g/mol. The van der Waals surface area contributed by atoms with E-state index in [-0.39, 0.29) is 17.6 Å². The zero-order valence-electron chi connectivity index (χ0n) is 20.9. The molecule has 1 aliphatic rings. The number of nitrogens with zero attached hydrogens (tertiary/aromatic N) is 3. The normalized spacial score (nSPS) is 15.5. The maximum atomic E-state index is 13.7. The molecule has 2 aromatic carbocycles. The molecule has 8 nitrogen and oxygen atoms in total. The smallest absolute Gasteiger partial charge is 0.408 e. The van der Waals surface area contributed by atoms with E-state index in [1.165, 1.54) is 18.4 Å². The summed E-state index contributed by atoms with van der Waals surface area (Å²) in [5.41, 5.74) is 2.43. The van der Waals surface area contributed by atoms with Crippen molar-refractivity contribution >= 4 is 16.9 Å². The Morgan fingerprint density at radius 3 is 2.50 bits per heavy atom. The summed E-state index contributed by atoms with van der Waals surface area (Å²) in [5, 5.41) is 3.30. The Labute approximate surface area is 222 Å². The first kappa shape index (κ1) is 25.7. The molecule has 0 bridgehead atoms. The number of hydrogen-bond donors (Lipinski definition) is 2. The molecule has 1 saturated carbocycles. The SMILES string of the molecule is CS(=O)c1nccc(-c2[nH]c(C3(NC(=O)OCc4ccccc4)CCCCC3)nc2-c2ccc(F)cc2)n1. The summed E-state index contributed by atoms with van der Waals surface area (Å²) in [4.78, 5) is 29.9. The van der Waals surface area contributed by atoms with Crippen molar-refractivity contribution in [1.29, 1.82) is 0 Å². The first-order valence-electron chi connectivity index (χ1n) is 12.5. The van der Waals surface area contributed by atoms with Gasteiger partial charge in [0.05, 0.1) is 27.9 Å². The van der Waals surface area contributed by atoms with Gasteiger partial charge in [-0.05, 0) is 48.7 Å². The predicted octanol–water partition coefficient (Wildman–Crippen LogP) is 5.50. The van der Waals surface area contributed by atoms with Crippen molar-refractivity contribution in [2.24, 2.45) is 0 Å². The fourth-order valence-electron chi connectivity index (χ4n) is 4.75. The molecule has 1 fully saturated rings. The van der Waals surface area contributed by atoms with Crippen LogP contribution >= 0.6 is 0 Å². The Balaban J connectivity index is 1.53. The van der Waals surface area contributed by atoms with Crippen LogP contribution in [0.3, 0.4) is 0 Å². The van der Waals surface area contributed by atoms with Crippen molar-refractivity contribution in [2.45, 2.75) is 49.4 Å². The van der Waals surface area contributed by atoms with E-state index in [2.05, 4.69) is 20.3 Å². The van der Waals surface area contributed by atoms with Crippen LogP contribution in [-0.2, 0) is 27.7 Å². The van der Waals surface area contributed by atoms with Crippen LogP contribution in [0.5, 0.6) is 0 Å². The van der Waals surface area contributed by atoms with Crippen molar-refractivity contribution in [3.63, 3.8) is 0 Å². The highest BCUT2D eigenvalue weighted by atomic mass is 32.2. The minimum Gasteiger partial charge on any atom is -0.445 e. The van der Waals surface area contributed by atoms with Gasteiger partial charge in [-0.15, -0.1) is 0 Å². The number of carbonyl (C=O) groups is 1. The third-order valence-corrected chi connectivity index (χ3v) is 7.39. The Morgan fingerprint density at radius 2 is 1.79 bits per heavy atom. The van der Waals surface area contributed by atoms with Gasteiger partial charge in [0.1, 0.15) is 23.8 Å². The molecule has 1 atom stereocenters. The molecule has 1 aliphatic carbocycles. The Bertz CT molecular complexity index is 1440. The summed E-state index contributed by atoms with van der Waals surface area (Å²) in [6.07, 6.45) is 6.76.